The molecule has 2 unspecified atom stereocenters. The molecule has 0 bridgehead atoms. The van der Waals surface area contributed by atoms with Gasteiger partial charge in [0.1, 0.15) is 5.82 Å². The third kappa shape index (κ3) is 2.75. The molecule has 0 N–H and O–H groups in total. The van der Waals surface area contributed by atoms with Gasteiger partial charge in [0.25, 0.3) is 0 Å². The van der Waals surface area contributed by atoms with Crippen LogP contribution < -0.4 is 0 Å². The number of halogens is 1. The van der Waals surface area contributed by atoms with Crippen molar-refractivity contribution < 1.29 is 4.39 Å². The topological polar surface area (TPSA) is 8.17 Å². The third-order valence-corrected chi connectivity index (χ3v) is 6.16. The first-order valence-corrected chi connectivity index (χ1v) is 9.54. The van der Waals surface area contributed by atoms with E-state index in [1.54, 1.807) is 12.1 Å². The molecule has 1 aliphatic heterocycles. The molecule has 0 saturated heterocycles. The number of fused-ring (bicyclic) bond motifs is 3. The maximum Gasteiger partial charge on any atom is 0.123 e. The molecule has 136 valence electrons. The van der Waals surface area contributed by atoms with Crippen molar-refractivity contribution in [1.82, 2.24) is 9.47 Å². The first-order valence-electron chi connectivity index (χ1n) is 9.54. The van der Waals surface area contributed by atoms with Gasteiger partial charge in [0.2, 0.25) is 0 Å². The molecule has 0 amide bonds. The summed E-state index contributed by atoms with van der Waals surface area (Å²) in [5.41, 5.74) is 6.66. The Kier molecular flexibility index (Phi) is 4.36. The molecule has 26 heavy (non-hydrogen) atoms. The normalized spacial score (nSPS) is 20.5. The highest BCUT2D eigenvalue weighted by molar-refractivity contribution is 5.89. The highest BCUT2D eigenvalue weighted by Gasteiger charge is 2.32. The Morgan fingerprint density at radius 3 is 2.65 bits per heavy atom. The standard InChI is InChI=1S/C23H27FN2/c1-15-7-5-10-20-22-17(3)25(4)16(2)13-21(22)26(23(15)20)12-11-18-8-6-9-19(24)14-18/h5-10,14,16-17H,11-13H2,1-4H3. The van der Waals surface area contributed by atoms with Crippen molar-refractivity contribution >= 4 is 10.9 Å². The van der Waals surface area contributed by atoms with Crippen LogP contribution in [0.1, 0.15) is 42.3 Å². The zero-order chi connectivity index (χ0) is 18.4. The Bertz CT molecular complexity index is 956. The number of rotatable bonds is 3. The summed E-state index contributed by atoms with van der Waals surface area (Å²) in [4.78, 5) is 2.47. The van der Waals surface area contributed by atoms with Gasteiger partial charge in [0.15, 0.2) is 0 Å². The number of aryl methyl sites for hydroxylation is 3. The van der Waals surface area contributed by atoms with Gasteiger partial charge >= 0.3 is 0 Å². The Balaban J connectivity index is 1.82. The molecule has 1 aromatic heterocycles. The Morgan fingerprint density at radius 1 is 1.12 bits per heavy atom. The summed E-state index contributed by atoms with van der Waals surface area (Å²) in [7, 11) is 2.23. The molecule has 3 aromatic rings. The van der Waals surface area contributed by atoms with Crippen LogP contribution in [0.15, 0.2) is 42.5 Å². The maximum absolute atomic E-state index is 13.6. The SMILES string of the molecule is Cc1cccc2c3c(n(CCc4cccc(F)c4)c12)CC(C)N(C)C3C. The smallest absolute Gasteiger partial charge is 0.123 e. The summed E-state index contributed by atoms with van der Waals surface area (Å²) in [6.07, 6.45) is 1.91. The van der Waals surface area contributed by atoms with E-state index in [1.807, 2.05) is 6.07 Å². The molecule has 0 fully saturated rings. The molecule has 2 nitrogen and oxygen atoms in total. The van der Waals surface area contributed by atoms with Gasteiger partial charge in [0.05, 0.1) is 5.52 Å². The fraction of sp³-hybridized carbons (Fsp3) is 0.391. The van der Waals surface area contributed by atoms with E-state index in [-0.39, 0.29) is 5.82 Å². The fourth-order valence-electron chi connectivity index (χ4n) is 4.55. The second kappa shape index (κ2) is 6.55. The van der Waals surface area contributed by atoms with E-state index in [1.165, 1.54) is 33.8 Å². The van der Waals surface area contributed by atoms with E-state index in [0.29, 0.717) is 12.1 Å². The van der Waals surface area contributed by atoms with Crippen molar-refractivity contribution in [2.45, 2.75) is 52.2 Å². The number of para-hydroxylation sites is 1. The minimum atomic E-state index is -0.151. The summed E-state index contributed by atoms with van der Waals surface area (Å²) in [6.45, 7) is 7.71. The number of nitrogens with zero attached hydrogens (tertiary/aromatic N) is 2. The Labute approximate surface area is 155 Å². The number of hydrogen-bond acceptors (Lipinski definition) is 1. The lowest BCUT2D eigenvalue weighted by Crippen LogP contribution is -2.38. The van der Waals surface area contributed by atoms with Gasteiger partial charge in [0, 0.05) is 36.1 Å². The van der Waals surface area contributed by atoms with E-state index >= 15 is 0 Å². The molecule has 4 rings (SSSR count). The van der Waals surface area contributed by atoms with E-state index in [2.05, 4.69) is 55.5 Å². The van der Waals surface area contributed by atoms with Crippen molar-refractivity contribution in [3.8, 4) is 0 Å². The van der Waals surface area contributed by atoms with Gasteiger partial charge in [-0.25, -0.2) is 4.39 Å². The average molecular weight is 350 g/mol. The maximum atomic E-state index is 13.6. The van der Waals surface area contributed by atoms with Crippen LogP contribution in [-0.2, 0) is 19.4 Å². The molecule has 0 radical (unpaired) electrons. The van der Waals surface area contributed by atoms with Crippen molar-refractivity contribution in [2.75, 3.05) is 7.05 Å². The van der Waals surface area contributed by atoms with Crippen LogP contribution in [0.5, 0.6) is 0 Å². The molecule has 0 saturated carbocycles. The first kappa shape index (κ1) is 17.3. The van der Waals surface area contributed by atoms with Gasteiger partial charge in [-0.05, 0) is 63.1 Å². The summed E-state index contributed by atoms with van der Waals surface area (Å²) >= 11 is 0. The third-order valence-electron chi connectivity index (χ3n) is 6.16. The highest BCUT2D eigenvalue weighted by atomic mass is 19.1. The lowest BCUT2D eigenvalue weighted by Gasteiger charge is -2.36. The molecular formula is C23H27FN2. The number of aromatic nitrogens is 1. The van der Waals surface area contributed by atoms with E-state index in [4.69, 9.17) is 0 Å². The van der Waals surface area contributed by atoms with Gasteiger partial charge < -0.3 is 4.57 Å². The Morgan fingerprint density at radius 2 is 1.88 bits per heavy atom. The van der Waals surface area contributed by atoms with E-state index in [0.717, 1.165) is 24.9 Å². The van der Waals surface area contributed by atoms with Crippen LogP contribution in [0.2, 0.25) is 0 Å². The van der Waals surface area contributed by atoms with Crippen LogP contribution in [0.4, 0.5) is 4.39 Å². The molecule has 0 spiro atoms. The van der Waals surface area contributed by atoms with E-state index in [9.17, 15) is 4.39 Å². The monoisotopic (exact) mass is 350 g/mol. The predicted octanol–water partition coefficient (Wildman–Crippen LogP) is 5.27. The molecule has 2 heterocycles. The summed E-state index contributed by atoms with van der Waals surface area (Å²) in [5.74, 6) is -0.151. The second-order valence-corrected chi connectivity index (χ2v) is 7.76. The van der Waals surface area contributed by atoms with Crippen molar-refractivity contribution in [1.29, 1.82) is 0 Å². The van der Waals surface area contributed by atoms with Crippen LogP contribution in [0, 0.1) is 12.7 Å². The van der Waals surface area contributed by atoms with E-state index < -0.39 is 0 Å². The van der Waals surface area contributed by atoms with Gasteiger partial charge in [-0.2, -0.15) is 0 Å². The zero-order valence-electron chi connectivity index (χ0n) is 16.1. The van der Waals surface area contributed by atoms with Crippen molar-refractivity contribution in [3.05, 3.63) is 70.7 Å². The predicted molar refractivity (Wildman–Crippen MR) is 106 cm³/mol. The van der Waals surface area contributed by atoms with Crippen LogP contribution >= 0.6 is 0 Å². The molecule has 0 aliphatic carbocycles. The minimum Gasteiger partial charge on any atom is -0.344 e. The molecule has 3 heteroatoms. The molecule has 2 atom stereocenters. The lowest BCUT2D eigenvalue weighted by molar-refractivity contribution is 0.177. The first-order chi connectivity index (χ1) is 12.5. The number of hydrogen-bond donors (Lipinski definition) is 0. The van der Waals surface area contributed by atoms with Gasteiger partial charge in [-0.3, -0.25) is 4.90 Å². The largest absolute Gasteiger partial charge is 0.344 e. The average Bonchev–Trinajstić information content (AvgIpc) is 2.93. The zero-order valence-corrected chi connectivity index (χ0v) is 16.1. The summed E-state index contributed by atoms with van der Waals surface area (Å²) < 4.78 is 16.1. The summed E-state index contributed by atoms with van der Waals surface area (Å²) in [6, 6.07) is 14.6. The van der Waals surface area contributed by atoms with Crippen molar-refractivity contribution in [3.63, 3.8) is 0 Å². The minimum absolute atomic E-state index is 0.151. The summed E-state index contributed by atoms with van der Waals surface area (Å²) in [5, 5.41) is 1.38. The van der Waals surface area contributed by atoms with Crippen molar-refractivity contribution in [2.24, 2.45) is 0 Å². The molecular weight excluding hydrogens is 323 g/mol. The number of benzene rings is 2. The van der Waals surface area contributed by atoms with Gasteiger partial charge in [-0.1, -0.05) is 30.3 Å². The quantitative estimate of drug-likeness (QED) is 0.625. The molecule has 1 aliphatic rings. The lowest BCUT2D eigenvalue weighted by atomic mass is 9.93. The van der Waals surface area contributed by atoms with Crippen LogP contribution in [-0.4, -0.2) is 22.6 Å². The second-order valence-electron chi connectivity index (χ2n) is 7.76. The van der Waals surface area contributed by atoms with Crippen LogP contribution in [0.25, 0.3) is 10.9 Å². The number of likely N-dealkylation sites (N-methyl/N-ethyl adjacent to an activating group) is 1. The highest BCUT2D eigenvalue weighted by Crippen LogP contribution is 2.40. The Hall–Kier alpha value is -2.13. The van der Waals surface area contributed by atoms with Gasteiger partial charge in [-0.15, -0.1) is 0 Å². The fourth-order valence-corrected chi connectivity index (χ4v) is 4.55. The molecule has 2 aromatic carbocycles. The van der Waals surface area contributed by atoms with Crippen LogP contribution in [0.3, 0.4) is 0 Å².